The van der Waals surface area contributed by atoms with Gasteiger partial charge in [-0.1, -0.05) is 159 Å². The first-order valence-corrected chi connectivity index (χ1v) is 26.0. The zero-order valence-electron chi connectivity index (χ0n) is 37.8. The van der Waals surface area contributed by atoms with Crippen molar-refractivity contribution in [2.24, 2.45) is 5.92 Å². The molecule has 16 heteroatoms. The molecule has 1 rings (SSSR count). The Morgan fingerprint density at radius 1 is 0.597 bits per heavy atom. The van der Waals surface area contributed by atoms with Crippen molar-refractivity contribution in [1.82, 2.24) is 0 Å². The lowest BCUT2D eigenvalue weighted by molar-refractivity contribution is -0.161. The summed E-state index contributed by atoms with van der Waals surface area (Å²) in [5.74, 6) is -0.343. The Morgan fingerprint density at radius 2 is 1.08 bits per heavy atom. The third-order valence-corrected chi connectivity index (χ3v) is 11.2. The first kappa shape index (κ1) is 57.8. The highest BCUT2D eigenvalue weighted by atomic mass is 31.2. The molecule has 4 N–H and O–H groups in total. The molecule has 358 valence electrons. The molecule has 0 bridgehead atoms. The molecular formula is C46H80O14P2. The molecular weight excluding hydrogens is 838 g/mol. The quantitative estimate of drug-likeness (QED) is 0.0148. The molecule has 1 aliphatic heterocycles. The maximum absolute atomic E-state index is 12.7. The van der Waals surface area contributed by atoms with Crippen LogP contribution in [0.15, 0.2) is 60.8 Å². The van der Waals surface area contributed by atoms with Crippen LogP contribution < -0.4 is 0 Å². The maximum Gasteiger partial charge on any atom is 0.472 e. The Balaban J connectivity index is 2.39. The zero-order valence-corrected chi connectivity index (χ0v) is 39.6. The average molecular weight is 919 g/mol. The number of epoxide rings is 1. The van der Waals surface area contributed by atoms with Gasteiger partial charge in [-0.25, -0.2) is 9.13 Å². The normalized spacial score (nSPS) is 17.9. The van der Waals surface area contributed by atoms with Crippen molar-refractivity contribution < 1.29 is 66.3 Å². The average Bonchev–Trinajstić information content (AvgIpc) is 3.97. The van der Waals surface area contributed by atoms with Gasteiger partial charge in [0.05, 0.1) is 32.0 Å². The minimum absolute atomic E-state index is 0.00183. The summed E-state index contributed by atoms with van der Waals surface area (Å²) in [4.78, 5) is 52.7. The number of unbranched alkanes of at least 4 members (excludes halogenated alkanes) is 11. The summed E-state index contributed by atoms with van der Waals surface area (Å²) >= 11 is 0. The summed E-state index contributed by atoms with van der Waals surface area (Å²) in [5, 5.41) is 9.76. The van der Waals surface area contributed by atoms with Gasteiger partial charge < -0.3 is 34.0 Å². The number of esters is 2. The summed E-state index contributed by atoms with van der Waals surface area (Å²) in [6, 6.07) is 0. The van der Waals surface area contributed by atoms with Gasteiger partial charge in [-0.15, -0.1) is 0 Å². The molecule has 0 amide bonds. The van der Waals surface area contributed by atoms with Gasteiger partial charge in [0, 0.05) is 12.8 Å². The zero-order chi connectivity index (χ0) is 45.7. The predicted molar refractivity (Wildman–Crippen MR) is 243 cm³/mol. The maximum atomic E-state index is 12.7. The standard InChI is InChI=1S/C46H80O14P2/c1-4-5-26-32-43-44(60-43)33-28-23-19-15-11-7-9-13-17-21-25-30-35-46(49)59-42(39-58-62(53,54)57-37-41(47)36-56-61(50,51)52)38-55-45(48)34-29-24-20-16-12-8-6-10-14-18-22-27-31-40(2)3/h5,9,11,13,15,21,23,25-26,28,40-44,47H,4,6-8,10,12,14,16-20,22,24,27,29-39H2,1-3H3,(H,53,54)(H2,50,51,52)/b13-9-,15-11-,25-21-,26-5-,28-23-/t41-,42+,43?,44?/m0/s1. The second-order valence-corrected chi connectivity index (χ2v) is 18.9. The fourth-order valence-electron chi connectivity index (χ4n) is 6.19. The monoisotopic (exact) mass is 919 g/mol. The van der Waals surface area contributed by atoms with E-state index in [0.717, 1.165) is 57.3 Å². The van der Waals surface area contributed by atoms with Crippen molar-refractivity contribution >= 4 is 27.6 Å². The summed E-state index contributed by atoms with van der Waals surface area (Å²) in [5.41, 5.74) is 0. The van der Waals surface area contributed by atoms with E-state index >= 15 is 0 Å². The summed E-state index contributed by atoms with van der Waals surface area (Å²) in [6.07, 6.45) is 39.9. The van der Waals surface area contributed by atoms with Crippen molar-refractivity contribution in [3.8, 4) is 0 Å². The molecule has 1 saturated heterocycles. The predicted octanol–water partition coefficient (Wildman–Crippen LogP) is 10.9. The number of phosphoric ester groups is 2. The number of allylic oxidation sites excluding steroid dienone is 8. The molecule has 0 aromatic carbocycles. The number of carbonyl (C=O) groups excluding carboxylic acids is 2. The van der Waals surface area contributed by atoms with Gasteiger partial charge in [0.2, 0.25) is 0 Å². The highest BCUT2D eigenvalue weighted by Crippen LogP contribution is 2.44. The van der Waals surface area contributed by atoms with Crippen molar-refractivity contribution in [1.29, 1.82) is 0 Å². The van der Waals surface area contributed by atoms with Gasteiger partial charge in [-0.2, -0.15) is 0 Å². The highest BCUT2D eigenvalue weighted by Gasteiger charge is 2.36. The Kier molecular flexibility index (Phi) is 34.5. The van der Waals surface area contributed by atoms with E-state index in [1.54, 1.807) is 0 Å². The molecule has 0 aromatic rings. The third-order valence-electron chi connectivity index (χ3n) is 9.75. The molecule has 1 heterocycles. The Morgan fingerprint density at radius 3 is 1.63 bits per heavy atom. The number of carbonyl (C=O) groups is 2. The number of aliphatic hydroxyl groups excluding tert-OH is 1. The van der Waals surface area contributed by atoms with E-state index in [1.165, 1.54) is 57.8 Å². The van der Waals surface area contributed by atoms with Crippen molar-refractivity contribution in [3.63, 3.8) is 0 Å². The lowest BCUT2D eigenvalue weighted by Gasteiger charge is -2.20. The first-order valence-electron chi connectivity index (χ1n) is 23.0. The molecule has 1 aliphatic rings. The van der Waals surface area contributed by atoms with E-state index < -0.39 is 66.2 Å². The van der Waals surface area contributed by atoms with Crippen molar-refractivity contribution in [3.05, 3.63) is 60.8 Å². The Bertz CT molecular complexity index is 1410. The van der Waals surface area contributed by atoms with Gasteiger partial charge in [0.25, 0.3) is 0 Å². The van der Waals surface area contributed by atoms with Crippen LogP contribution in [0.25, 0.3) is 0 Å². The third kappa shape index (κ3) is 38.3. The molecule has 5 atom stereocenters. The fourth-order valence-corrected chi connectivity index (χ4v) is 7.34. The number of hydrogen-bond acceptors (Lipinski definition) is 11. The number of phosphoric acid groups is 2. The van der Waals surface area contributed by atoms with Gasteiger partial charge in [-0.3, -0.25) is 23.2 Å². The summed E-state index contributed by atoms with van der Waals surface area (Å²) in [6.45, 7) is 3.87. The minimum Gasteiger partial charge on any atom is -0.462 e. The number of rotatable bonds is 41. The van der Waals surface area contributed by atoms with E-state index in [4.69, 9.17) is 28.5 Å². The van der Waals surface area contributed by atoms with Crippen LogP contribution in [0.2, 0.25) is 0 Å². The SMILES string of the molecule is CC/C=C\CC1OC1C/C=C\C/C=C\C/C=C\C/C=C\CCC(=O)O[C@H](COC(=O)CCCCCCCCCCCCCCC(C)C)COP(=O)(O)OC[C@@H](O)COP(=O)(O)O. The molecule has 0 aromatic heterocycles. The molecule has 62 heavy (non-hydrogen) atoms. The van der Waals surface area contributed by atoms with E-state index in [2.05, 4.69) is 72.4 Å². The number of aliphatic hydroxyl groups is 1. The van der Waals surface area contributed by atoms with E-state index in [9.17, 15) is 28.7 Å². The lowest BCUT2D eigenvalue weighted by Crippen LogP contribution is -2.29. The molecule has 14 nitrogen and oxygen atoms in total. The van der Waals surface area contributed by atoms with Crippen LogP contribution in [0.4, 0.5) is 0 Å². The second kappa shape index (κ2) is 37.0. The lowest BCUT2D eigenvalue weighted by atomic mass is 10.0. The number of hydrogen-bond donors (Lipinski definition) is 4. The van der Waals surface area contributed by atoms with Crippen LogP contribution in [-0.4, -0.2) is 82.6 Å². The van der Waals surface area contributed by atoms with Crippen LogP contribution in [0, 0.1) is 5.92 Å². The largest absolute Gasteiger partial charge is 0.472 e. The van der Waals surface area contributed by atoms with Crippen LogP contribution in [0.5, 0.6) is 0 Å². The molecule has 1 fully saturated rings. The topological polar surface area (TPSA) is 208 Å². The van der Waals surface area contributed by atoms with Gasteiger partial charge in [0.15, 0.2) is 6.10 Å². The molecule has 0 radical (unpaired) electrons. The minimum atomic E-state index is -4.87. The first-order chi connectivity index (χ1) is 29.7. The van der Waals surface area contributed by atoms with E-state index in [1.807, 2.05) is 18.2 Å². The van der Waals surface area contributed by atoms with Gasteiger partial charge in [-0.05, 0) is 57.3 Å². The summed E-state index contributed by atoms with van der Waals surface area (Å²) < 4.78 is 53.4. The smallest absolute Gasteiger partial charge is 0.462 e. The van der Waals surface area contributed by atoms with E-state index in [-0.39, 0.29) is 12.8 Å². The van der Waals surface area contributed by atoms with Crippen LogP contribution in [0.1, 0.15) is 162 Å². The molecule has 0 spiro atoms. The van der Waals surface area contributed by atoms with E-state index in [0.29, 0.717) is 31.5 Å². The van der Waals surface area contributed by atoms with Gasteiger partial charge in [0.1, 0.15) is 12.7 Å². The van der Waals surface area contributed by atoms with Crippen molar-refractivity contribution in [2.45, 2.75) is 186 Å². The summed E-state index contributed by atoms with van der Waals surface area (Å²) in [7, 11) is -9.71. The van der Waals surface area contributed by atoms with Crippen LogP contribution in [0.3, 0.4) is 0 Å². The molecule has 0 saturated carbocycles. The molecule has 3 unspecified atom stereocenters. The highest BCUT2D eigenvalue weighted by molar-refractivity contribution is 7.47. The fraction of sp³-hybridized carbons (Fsp3) is 0.739. The second-order valence-electron chi connectivity index (χ2n) is 16.2. The Labute approximate surface area is 372 Å². The Hall–Kier alpha value is -2.22. The van der Waals surface area contributed by atoms with Crippen LogP contribution in [-0.2, 0) is 46.5 Å². The van der Waals surface area contributed by atoms with Crippen LogP contribution >= 0.6 is 15.6 Å². The van der Waals surface area contributed by atoms with Gasteiger partial charge >= 0.3 is 27.6 Å². The molecule has 0 aliphatic carbocycles. The van der Waals surface area contributed by atoms with Crippen molar-refractivity contribution in [2.75, 3.05) is 26.4 Å². The number of ether oxygens (including phenoxy) is 3.